The van der Waals surface area contributed by atoms with E-state index < -0.39 is 0 Å². The van der Waals surface area contributed by atoms with Gasteiger partial charge in [0, 0.05) is 23.2 Å². The van der Waals surface area contributed by atoms with Crippen molar-refractivity contribution in [3.05, 3.63) is 47.2 Å². The molecule has 19 heavy (non-hydrogen) atoms. The summed E-state index contributed by atoms with van der Waals surface area (Å²) in [7, 11) is 0. The molecule has 96 valence electrons. The van der Waals surface area contributed by atoms with Gasteiger partial charge in [-0.15, -0.1) is 21.5 Å². The molecule has 6 nitrogen and oxygen atoms in total. The molecule has 0 radical (unpaired) electrons. The van der Waals surface area contributed by atoms with Crippen LogP contribution in [0.2, 0.25) is 0 Å². The third kappa shape index (κ3) is 2.60. The molecule has 1 atom stereocenters. The van der Waals surface area contributed by atoms with Crippen molar-refractivity contribution in [1.82, 2.24) is 25.6 Å². The normalized spacial score (nSPS) is 12.3. The van der Waals surface area contributed by atoms with E-state index in [0.717, 1.165) is 16.4 Å². The van der Waals surface area contributed by atoms with Crippen LogP contribution in [-0.4, -0.2) is 25.6 Å². The van der Waals surface area contributed by atoms with Crippen molar-refractivity contribution >= 4 is 22.2 Å². The maximum atomic E-state index is 4.18. The van der Waals surface area contributed by atoms with Crippen LogP contribution in [0.1, 0.15) is 24.2 Å². The third-order valence-corrected chi connectivity index (χ3v) is 3.53. The predicted octanol–water partition coefficient (Wildman–Crippen LogP) is 2.55. The number of nitrogens with zero attached hydrogens (tertiary/aromatic N) is 4. The Bertz CT molecular complexity index is 617. The number of hydrogen-bond acceptors (Lipinski definition) is 6. The Morgan fingerprint density at radius 1 is 1.26 bits per heavy atom. The molecule has 1 unspecified atom stereocenters. The first kappa shape index (κ1) is 11.8. The third-order valence-electron chi connectivity index (χ3n) is 2.84. The van der Waals surface area contributed by atoms with E-state index in [1.807, 2.05) is 24.4 Å². The van der Waals surface area contributed by atoms with E-state index in [2.05, 4.69) is 43.1 Å². The number of aromatic nitrogens is 5. The summed E-state index contributed by atoms with van der Waals surface area (Å²) in [5, 5.41) is 20.1. The fourth-order valence-corrected chi connectivity index (χ4v) is 2.31. The first-order chi connectivity index (χ1) is 9.33. The highest BCUT2D eigenvalue weighted by atomic mass is 32.1. The molecule has 3 rings (SSSR count). The van der Waals surface area contributed by atoms with Crippen molar-refractivity contribution in [2.24, 2.45) is 0 Å². The van der Waals surface area contributed by atoms with Crippen LogP contribution in [0, 0.1) is 0 Å². The number of nitrogens with one attached hydrogen (secondary N) is 2. The standard InChI is InChI=1S/C12H12N6S/c1-8(11-15-17-18-16-11)9-2-4-10(5-3-9)14-12-13-6-7-19-12/h2-8H,1H3,(H,13,14)(H,15,16,17,18). The number of H-pyrrole nitrogens is 1. The van der Waals surface area contributed by atoms with Crippen molar-refractivity contribution < 1.29 is 0 Å². The summed E-state index contributed by atoms with van der Waals surface area (Å²) in [6.07, 6.45) is 1.78. The minimum Gasteiger partial charge on any atom is -0.332 e. The van der Waals surface area contributed by atoms with Gasteiger partial charge in [0.25, 0.3) is 0 Å². The second-order valence-electron chi connectivity index (χ2n) is 4.08. The minimum absolute atomic E-state index is 0.118. The maximum Gasteiger partial charge on any atom is 0.187 e. The maximum absolute atomic E-state index is 4.18. The minimum atomic E-state index is 0.118. The highest BCUT2D eigenvalue weighted by Crippen LogP contribution is 2.24. The van der Waals surface area contributed by atoms with Gasteiger partial charge in [0.1, 0.15) is 0 Å². The number of benzene rings is 1. The summed E-state index contributed by atoms with van der Waals surface area (Å²) < 4.78 is 0. The average molecular weight is 272 g/mol. The molecule has 3 aromatic rings. The fraction of sp³-hybridized carbons (Fsp3) is 0.167. The van der Waals surface area contributed by atoms with Crippen molar-refractivity contribution in [2.75, 3.05) is 5.32 Å². The van der Waals surface area contributed by atoms with Gasteiger partial charge in [-0.1, -0.05) is 24.3 Å². The van der Waals surface area contributed by atoms with Gasteiger partial charge in [0.15, 0.2) is 11.0 Å². The highest BCUT2D eigenvalue weighted by Gasteiger charge is 2.12. The number of rotatable bonds is 4. The molecule has 7 heteroatoms. The van der Waals surface area contributed by atoms with Crippen LogP contribution < -0.4 is 5.32 Å². The summed E-state index contributed by atoms with van der Waals surface area (Å²) in [5.74, 6) is 0.813. The molecule has 0 aliphatic carbocycles. The van der Waals surface area contributed by atoms with Gasteiger partial charge in [-0.2, -0.15) is 5.21 Å². The summed E-state index contributed by atoms with van der Waals surface area (Å²) >= 11 is 1.57. The smallest absolute Gasteiger partial charge is 0.187 e. The quantitative estimate of drug-likeness (QED) is 0.763. The summed E-state index contributed by atoms with van der Waals surface area (Å²) in [5.41, 5.74) is 2.16. The number of aromatic amines is 1. The zero-order valence-corrected chi connectivity index (χ0v) is 11.1. The first-order valence-corrected chi connectivity index (χ1v) is 6.71. The van der Waals surface area contributed by atoms with E-state index in [0.29, 0.717) is 5.82 Å². The molecule has 2 aromatic heterocycles. The van der Waals surface area contributed by atoms with E-state index >= 15 is 0 Å². The SMILES string of the molecule is CC(c1ccc(Nc2nccs2)cc1)c1nn[nH]n1. The fourth-order valence-electron chi connectivity index (χ4n) is 1.77. The summed E-state index contributed by atoms with van der Waals surface area (Å²) in [6, 6.07) is 8.15. The Balaban J connectivity index is 1.75. The van der Waals surface area contributed by atoms with Gasteiger partial charge in [0.2, 0.25) is 0 Å². The topological polar surface area (TPSA) is 79.4 Å². The van der Waals surface area contributed by atoms with Crippen LogP contribution >= 0.6 is 11.3 Å². The molecule has 0 saturated heterocycles. The Hall–Kier alpha value is -2.28. The largest absolute Gasteiger partial charge is 0.332 e. The lowest BCUT2D eigenvalue weighted by Gasteiger charge is -2.08. The molecular formula is C12H12N6S. The molecule has 1 aromatic carbocycles. The van der Waals surface area contributed by atoms with Gasteiger partial charge in [-0.3, -0.25) is 0 Å². The van der Waals surface area contributed by atoms with E-state index in [9.17, 15) is 0 Å². The zero-order valence-electron chi connectivity index (χ0n) is 10.2. The van der Waals surface area contributed by atoms with Gasteiger partial charge in [-0.05, 0) is 17.7 Å². The molecule has 0 aliphatic rings. The number of hydrogen-bond donors (Lipinski definition) is 2. The molecule has 0 saturated carbocycles. The Morgan fingerprint density at radius 2 is 2.11 bits per heavy atom. The first-order valence-electron chi connectivity index (χ1n) is 5.83. The molecular weight excluding hydrogens is 260 g/mol. The number of thiazole rings is 1. The monoisotopic (exact) mass is 272 g/mol. The second-order valence-corrected chi connectivity index (χ2v) is 4.97. The van der Waals surface area contributed by atoms with Crippen LogP contribution in [0.25, 0.3) is 0 Å². The van der Waals surface area contributed by atoms with Crippen molar-refractivity contribution in [2.45, 2.75) is 12.8 Å². The van der Waals surface area contributed by atoms with Crippen LogP contribution in [0.4, 0.5) is 10.8 Å². The van der Waals surface area contributed by atoms with Gasteiger partial charge >= 0.3 is 0 Å². The van der Waals surface area contributed by atoms with E-state index in [4.69, 9.17) is 0 Å². The van der Waals surface area contributed by atoms with E-state index in [1.165, 1.54) is 0 Å². The number of anilines is 2. The Kier molecular flexibility index (Phi) is 3.20. The lowest BCUT2D eigenvalue weighted by atomic mass is 10.0. The Labute approximate surface area is 113 Å². The lowest BCUT2D eigenvalue weighted by Crippen LogP contribution is -1.99. The average Bonchev–Trinajstić information content (AvgIpc) is 3.12. The van der Waals surface area contributed by atoms with E-state index in [1.54, 1.807) is 17.5 Å². The molecule has 0 amide bonds. The lowest BCUT2D eigenvalue weighted by molar-refractivity contribution is 0.821. The van der Waals surface area contributed by atoms with Crippen LogP contribution in [0.5, 0.6) is 0 Å². The molecule has 0 bridgehead atoms. The second kappa shape index (κ2) is 5.15. The van der Waals surface area contributed by atoms with Gasteiger partial charge in [-0.25, -0.2) is 4.98 Å². The predicted molar refractivity (Wildman–Crippen MR) is 73.5 cm³/mol. The van der Waals surface area contributed by atoms with Crippen LogP contribution in [0.15, 0.2) is 35.8 Å². The van der Waals surface area contributed by atoms with Crippen LogP contribution in [0.3, 0.4) is 0 Å². The van der Waals surface area contributed by atoms with Crippen molar-refractivity contribution in [3.8, 4) is 0 Å². The van der Waals surface area contributed by atoms with Crippen LogP contribution in [-0.2, 0) is 0 Å². The zero-order chi connectivity index (χ0) is 13.1. The molecule has 0 fully saturated rings. The van der Waals surface area contributed by atoms with Gasteiger partial charge in [0.05, 0.1) is 0 Å². The highest BCUT2D eigenvalue weighted by molar-refractivity contribution is 7.13. The molecule has 2 N–H and O–H groups in total. The summed E-state index contributed by atoms with van der Waals surface area (Å²) in [4.78, 5) is 4.18. The molecule has 2 heterocycles. The molecule has 0 aliphatic heterocycles. The van der Waals surface area contributed by atoms with Crippen molar-refractivity contribution in [3.63, 3.8) is 0 Å². The Morgan fingerprint density at radius 3 is 2.74 bits per heavy atom. The van der Waals surface area contributed by atoms with Crippen molar-refractivity contribution in [1.29, 1.82) is 0 Å². The summed E-state index contributed by atoms with van der Waals surface area (Å²) in [6.45, 7) is 2.05. The van der Waals surface area contributed by atoms with Gasteiger partial charge < -0.3 is 5.32 Å². The number of tetrazole rings is 1. The molecule has 0 spiro atoms. The van der Waals surface area contributed by atoms with E-state index in [-0.39, 0.29) is 5.92 Å².